The Morgan fingerprint density at radius 2 is 1.86 bits per heavy atom. The van der Waals surface area contributed by atoms with Crippen molar-refractivity contribution in [2.75, 3.05) is 38.2 Å². The van der Waals surface area contributed by atoms with Crippen LogP contribution in [0.4, 0.5) is 11.4 Å². The van der Waals surface area contributed by atoms with E-state index >= 15 is 0 Å². The van der Waals surface area contributed by atoms with Crippen LogP contribution in [-0.4, -0.2) is 55.1 Å². The summed E-state index contributed by atoms with van der Waals surface area (Å²) >= 11 is 0. The molecule has 29 heavy (non-hydrogen) atoms. The maximum atomic E-state index is 12.6. The van der Waals surface area contributed by atoms with E-state index in [1.165, 1.54) is 12.1 Å². The zero-order valence-corrected chi connectivity index (χ0v) is 16.7. The van der Waals surface area contributed by atoms with Crippen molar-refractivity contribution in [3.63, 3.8) is 0 Å². The number of carbonyl (C=O) groups excluding carboxylic acids is 1. The molecule has 0 bridgehead atoms. The zero-order valence-electron chi connectivity index (χ0n) is 16.7. The van der Waals surface area contributed by atoms with Crippen LogP contribution < -0.4 is 15.0 Å². The lowest BCUT2D eigenvalue weighted by Crippen LogP contribution is -2.53. The van der Waals surface area contributed by atoms with Gasteiger partial charge in [0, 0.05) is 50.5 Å². The number of benzene rings is 2. The van der Waals surface area contributed by atoms with E-state index in [9.17, 15) is 14.9 Å². The first-order valence-electron chi connectivity index (χ1n) is 9.62. The molecule has 0 aliphatic carbocycles. The molecule has 1 unspecified atom stereocenters. The van der Waals surface area contributed by atoms with Crippen LogP contribution in [0.25, 0.3) is 0 Å². The Bertz CT molecular complexity index is 848. The molecule has 0 spiro atoms. The van der Waals surface area contributed by atoms with E-state index in [1.807, 2.05) is 31.2 Å². The average molecular weight is 398 g/mol. The number of piperazine rings is 1. The number of rotatable bonds is 7. The summed E-state index contributed by atoms with van der Waals surface area (Å²) in [6, 6.07) is 14.0. The molecule has 0 radical (unpaired) electrons. The van der Waals surface area contributed by atoms with Gasteiger partial charge in [-0.15, -0.1) is 0 Å². The van der Waals surface area contributed by atoms with E-state index in [0.717, 1.165) is 43.2 Å². The topological polar surface area (TPSA) is 88.0 Å². The van der Waals surface area contributed by atoms with E-state index < -0.39 is 4.92 Å². The first-order chi connectivity index (χ1) is 14.0. The number of hydrogen-bond donors (Lipinski definition) is 1. The van der Waals surface area contributed by atoms with Gasteiger partial charge in [0.2, 0.25) is 5.91 Å². The Balaban J connectivity index is 1.49. The van der Waals surface area contributed by atoms with Crippen molar-refractivity contribution in [3.05, 3.63) is 64.2 Å². The lowest BCUT2D eigenvalue weighted by Gasteiger charge is -2.38. The van der Waals surface area contributed by atoms with Gasteiger partial charge in [-0.3, -0.25) is 19.8 Å². The molecule has 8 nitrogen and oxygen atoms in total. The molecule has 2 aromatic carbocycles. The molecule has 0 aromatic heterocycles. The summed E-state index contributed by atoms with van der Waals surface area (Å²) in [5.74, 6) is 0.767. The third kappa shape index (κ3) is 5.23. The molecule has 1 N–H and O–H groups in total. The lowest BCUT2D eigenvalue weighted by atomic mass is 10.1. The Labute approximate surface area is 170 Å². The Hall–Kier alpha value is -3.13. The average Bonchev–Trinajstić information content (AvgIpc) is 2.77. The smallest absolute Gasteiger partial charge is 0.269 e. The van der Waals surface area contributed by atoms with Gasteiger partial charge in [-0.05, 0) is 36.8 Å². The van der Waals surface area contributed by atoms with Crippen molar-refractivity contribution < 1.29 is 14.5 Å². The number of ether oxygens (including phenoxy) is 1. The second-order valence-corrected chi connectivity index (χ2v) is 7.04. The van der Waals surface area contributed by atoms with E-state index in [0.29, 0.717) is 6.54 Å². The van der Waals surface area contributed by atoms with Gasteiger partial charge in [0.1, 0.15) is 5.75 Å². The zero-order chi connectivity index (χ0) is 20.8. The number of nitro groups is 1. The minimum absolute atomic E-state index is 0.00314. The molecule has 1 aliphatic heterocycles. The fourth-order valence-electron chi connectivity index (χ4n) is 3.44. The highest BCUT2D eigenvalue weighted by atomic mass is 16.6. The fraction of sp³-hybridized carbons (Fsp3) is 0.381. The molecule has 1 saturated heterocycles. The molecule has 3 rings (SSSR count). The van der Waals surface area contributed by atoms with Gasteiger partial charge in [0.05, 0.1) is 18.1 Å². The molecule has 0 saturated carbocycles. The van der Waals surface area contributed by atoms with Crippen LogP contribution in [-0.2, 0) is 11.3 Å². The van der Waals surface area contributed by atoms with Crippen molar-refractivity contribution >= 4 is 17.3 Å². The van der Waals surface area contributed by atoms with Gasteiger partial charge in [-0.2, -0.15) is 0 Å². The Morgan fingerprint density at radius 1 is 1.17 bits per heavy atom. The van der Waals surface area contributed by atoms with Crippen molar-refractivity contribution in [3.8, 4) is 5.75 Å². The third-order valence-electron chi connectivity index (χ3n) is 5.27. The second kappa shape index (κ2) is 9.38. The van der Waals surface area contributed by atoms with Crippen LogP contribution >= 0.6 is 0 Å². The molecular weight excluding hydrogens is 372 g/mol. The summed E-state index contributed by atoms with van der Waals surface area (Å²) in [7, 11) is 1.62. The van der Waals surface area contributed by atoms with Gasteiger partial charge in [-0.25, -0.2) is 0 Å². The van der Waals surface area contributed by atoms with Crippen LogP contribution in [0.5, 0.6) is 5.75 Å². The number of anilines is 1. The van der Waals surface area contributed by atoms with E-state index in [-0.39, 0.29) is 17.6 Å². The summed E-state index contributed by atoms with van der Waals surface area (Å²) < 4.78 is 5.21. The Morgan fingerprint density at radius 3 is 2.48 bits per heavy atom. The largest absolute Gasteiger partial charge is 0.497 e. The highest BCUT2D eigenvalue weighted by molar-refractivity contribution is 5.81. The van der Waals surface area contributed by atoms with Gasteiger partial charge >= 0.3 is 0 Å². The highest BCUT2D eigenvalue weighted by Gasteiger charge is 2.25. The maximum absolute atomic E-state index is 12.6. The van der Waals surface area contributed by atoms with Gasteiger partial charge < -0.3 is 15.0 Å². The first kappa shape index (κ1) is 20.6. The fourth-order valence-corrected chi connectivity index (χ4v) is 3.44. The second-order valence-electron chi connectivity index (χ2n) is 7.04. The van der Waals surface area contributed by atoms with Gasteiger partial charge in [-0.1, -0.05) is 12.1 Å². The van der Waals surface area contributed by atoms with Crippen LogP contribution in [0.1, 0.15) is 12.5 Å². The van der Waals surface area contributed by atoms with Crippen LogP contribution in [0.3, 0.4) is 0 Å². The molecule has 1 heterocycles. The first-order valence-corrected chi connectivity index (χ1v) is 9.62. The SMILES string of the molecule is COc1cccc(CNC(=O)C(C)N2CCN(c3ccc([N+](=O)[O-])cc3)CC2)c1. The number of nitro benzene ring substituents is 1. The van der Waals surface area contributed by atoms with Gasteiger partial charge in [0.15, 0.2) is 0 Å². The van der Waals surface area contributed by atoms with E-state index in [2.05, 4.69) is 15.1 Å². The molecule has 1 fully saturated rings. The van der Waals surface area contributed by atoms with Crippen molar-refractivity contribution in [1.29, 1.82) is 0 Å². The number of nitrogens with zero attached hydrogens (tertiary/aromatic N) is 3. The lowest BCUT2D eigenvalue weighted by molar-refractivity contribution is -0.384. The maximum Gasteiger partial charge on any atom is 0.269 e. The number of hydrogen-bond acceptors (Lipinski definition) is 6. The standard InChI is InChI=1S/C21H26N4O4/c1-16(21(26)22-15-17-4-3-5-20(14-17)29-2)23-10-12-24(13-11-23)18-6-8-19(9-7-18)25(27)28/h3-9,14,16H,10-13,15H2,1-2H3,(H,22,26). The van der Waals surface area contributed by atoms with Crippen LogP contribution in [0.2, 0.25) is 0 Å². The predicted octanol–water partition coefficient (Wildman–Crippen LogP) is 2.43. The van der Waals surface area contributed by atoms with E-state index in [1.54, 1.807) is 19.2 Å². The van der Waals surface area contributed by atoms with Gasteiger partial charge in [0.25, 0.3) is 5.69 Å². The summed E-state index contributed by atoms with van der Waals surface area (Å²) in [6.45, 7) is 5.43. The number of non-ortho nitro benzene ring substituents is 1. The molecule has 1 aliphatic rings. The van der Waals surface area contributed by atoms with E-state index in [4.69, 9.17) is 4.74 Å². The summed E-state index contributed by atoms with van der Waals surface area (Å²) in [5, 5.41) is 13.8. The molecule has 154 valence electrons. The molecular formula is C21H26N4O4. The van der Waals surface area contributed by atoms with Crippen LogP contribution in [0, 0.1) is 10.1 Å². The Kier molecular flexibility index (Phi) is 6.66. The molecule has 1 amide bonds. The number of nitrogens with one attached hydrogen (secondary N) is 1. The van der Waals surface area contributed by atoms with Crippen molar-refractivity contribution in [2.24, 2.45) is 0 Å². The summed E-state index contributed by atoms with van der Waals surface area (Å²) in [6.07, 6.45) is 0. The van der Waals surface area contributed by atoms with Crippen LogP contribution in [0.15, 0.2) is 48.5 Å². The summed E-state index contributed by atoms with van der Waals surface area (Å²) in [4.78, 5) is 27.3. The number of carbonyl (C=O) groups is 1. The quantitative estimate of drug-likeness (QED) is 0.569. The number of amides is 1. The highest BCUT2D eigenvalue weighted by Crippen LogP contribution is 2.21. The van der Waals surface area contributed by atoms with Crippen molar-refractivity contribution in [2.45, 2.75) is 19.5 Å². The monoisotopic (exact) mass is 398 g/mol. The molecule has 2 aromatic rings. The normalized spacial score (nSPS) is 15.6. The minimum atomic E-state index is -0.395. The summed E-state index contributed by atoms with van der Waals surface area (Å²) in [5.41, 5.74) is 2.05. The molecule has 8 heteroatoms. The number of methoxy groups -OCH3 is 1. The third-order valence-corrected chi connectivity index (χ3v) is 5.27. The van der Waals surface area contributed by atoms with Crippen molar-refractivity contribution in [1.82, 2.24) is 10.2 Å². The molecule has 1 atom stereocenters. The predicted molar refractivity (Wildman–Crippen MR) is 111 cm³/mol. The minimum Gasteiger partial charge on any atom is -0.497 e.